The Morgan fingerprint density at radius 1 is 1.35 bits per heavy atom. The summed E-state index contributed by atoms with van der Waals surface area (Å²) >= 11 is 3.62. The van der Waals surface area contributed by atoms with Crippen LogP contribution in [0.4, 0.5) is 0 Å². The highest BCUT2D eigenvalue weighted by Crippen LogP contribution is 2.49. The summed E-state index contributed by atoms with van der Waals surface area (Å²) in [5.41, 5.74) is 1.88. The minimum Gasteiger partial charge on any atom is -0.316 e. The summed E-state index contributed by atoms with van der Waals surface area (Å²) in [6.45, 7) is 9.10. The van der Waals surface area contributed by atoms with Gasteiger partial charge in [-0.1, -0.05) is 61.7 Å². The summed E-state index contributed by atoms with van der Waals surface area (Å²) in [7, 11) is 0. The van der Waals surface area contributed by atoms with E-state index in [1.54, 1.807) is 0 Å². The zero-order chi connectivity index (χ0) is 14.6. The third kappa shape index (κ3) is 3.85. The normalized spacial score (nSPS) is 25.8. The van der Waals surface area contributed by atoms with Crippen LogP contribution in [-0.4, -0.2) is 13.1 Å². The fourth-order valence-electron chi connectivity index (χ4n) is 3.56. The first-order chi connectivity index (χ1) is 9.55. The van der Waals surface area contributed by atoms with E-state index in [1.807, 2.05) is 0 Å². The molecule has 1 aromatic carbocycles. The van der Waals surface area contributed by atoms with Crippen molar-refractivity contribution < 1.29 is 0 Å². The smallest absolute Gasteiger partial charge is 0.0178 e. The quantitative estimate of drug-likeness (QED) is 0.726. The molecule has 0 aliphatic heterocycles. The molecule has 0 amide bonds. The zero-order valence-corrected chi connectivity index (χ0v) is 14.7. The van der Waals surface area contributed by atoms with Gasteiger partial charge in [0.25, 0.3) is 0 Å². The van der Waals surface area contributed by atoms with Crippen LogP contribution in [-0.2, 0) is 5.41 Å². The summed E-state index contributed by atoms with van der Waals surface area (Å²) in [5, 5.41) is 3.69. The summed E-state index contributed by atoms with van der Waals surface area (Å²) < 4.78 is 1.21. The Labute approximate surface area is 132 Å². The standard InChI is InChI=1S/C18H28BrN/c1-4-6-15-10-18(11-15,13-20-12-14(2)3)16-7-5-8-17(19)9-16/h5,7-9,14-15,20H,4,6,10-13H2,1-3H3. The van der Waals surface area contributed by atoms with E-state index < -0.39 is 0 Å². The van der Waals surface area contributed by atoms with Crippen molar-refractivity contribution in [2.75, 3.05) is 13.1 Å². The van der Waals surface area contributed by atoms with E-state index in [-0.39, 0.29) is 0 Å². The van der Waals surface area contributed by atoms with Crippen molar-refractivity contribution in [1.29, 1.82) is 0 Å². The molecule has 0 unspecified atom stereocenters. The highest BCUT2D eigenvalue weighted by molar-refractivity contribution is 9.10. The second-order valence-electron chi connectivity index (χ2n) is 6.88. The van der Waals surface area contributed by atoms with Crippen LogP contribution in [0.15, 0.2) is 28.7 Å². The van der Waals surface area contributed by atoms with Crippen LogP contribution in [0.2, 0.25) is 0 Å². The molecule has 0 saturated heterocycles. The van der Waals surface area contributed by atoms with E-state index in [2.05, 4.69) is 66.3 Å². The van der Waals surface area contributed by atoms with Gasteiger partial charge in [0.05, 0.1) is 0 Å². The number of benzene rings is 1. The Hall–Kier alpha value is -0.340. The summed E-state index contributed by atoms with van der Waals surface area (Å²) in [6, 6.07) is 8.93. The highest BCUT2D eigenvalue weighted by atomic mass is 79.9. The molecule has 1 nitrogen and oxygen atoms in total. The zero-order valence-electron chi connectivity index (χ0n) is 13.1. The van der Waals surface area contributed by atoms with Crippen molar-refractivity contribution >= 4 is 15.9 Å². The fraction of sp³-hybridized carbons (Fsp3) is 0.667. The predicted molar refractivity (Wildman–Crippen MR) is 91.2 cm³/mol. The van der Waals surface area contributed by atoms with Crippen molar-refractivity contribution in [3.63, 3.8) is 0 Å². The van der Waals surface area contributed by atoms with Crippen LogP contribution in [0.3, 0.4) is 0 Å². The molecule has 0 aromatic heterocycles. The topological polar surface area (TPSA) is 12.0 Å². The largest absolute Gasteiger partial charge is 0.316 e. The lowest BCUT2D eigenvalue weighted by Crippen LogP contribution is -2.49. The molecule has 112 valence electrons. The number of halogens is 1. The number of rotatable bonds is 7. The van der Waals surface area contributed by atoms with Crippen LogP contribution in [0.5, 0.6) is 0 Å². The van der Waals surface area contributed by atoms with E-state index in [1.165, 1.54) is 35.7 Å². The maximum Gasteiger partial charge on any atom is 0.0178 e. The van der Waals surface area contributed by atoms with Gasteiger partial charge in [0.15, 0.2) is 0 Å². The van der Waals surface area contributed by atoms with Crippen molar-refractivity contribution in [2.24, 2.45) is 11.8 Å². The van der Waals surface area contributed by atoms with Gasteiger partial charge < -0.3 is 5.32 Å². The van der Waals surface area contributed by atoms with Gasteiger partial charge in [-0.15, -0.1) is 0 Å². The van der Waals surface area contributed by atoms with Crippen molar-refractivity contribution in [2.45, 2.75) is 51.9 Å². The average molecular weight is 338 g/mol. The van der Waals surface area contributed by atoms with E-state index in [0.717, 1.165) is 24.9 Å². The maximum absolute atomic E-state index is 3.69. The van der Waals surface area contributed by atoms with Crippen molar-refractivity contribution in [3.05, 3.63) is 34.3 Å². The molecule has 20 heavy (non-hydrogen) atoms. The van der Waals surface area contributed by atoms with Gasteiger partial charge in [-0.25, -0.2) is 0 Å². The van der Waals surface area contributed by atoms with Crippen LogP contribution >= 0.6 is 15.9 Å². The van der Waals surface area contributed by atoms with Gasteiger partial charge in [-0.05, 0) is 48.9 Å². The molecule has 0 radical (unpaired) electrons. The molecule has 1 fully saturated rings. The fourth-order valence-corrected chi connectivity index (χ4v) is 3.96. The number of hydrogen-bond donors (Lipinski definition) is 1. The first kappa shape index (κ1) is 16.0. The van der Waals surface area contributed by atoms with Crippen LogP contribution in [0.25, 0.3) is 0 Å². The van der Waals surface area contributed by atoms with Crippen molar-refractivity contribution in [3.8, 4) is 0 Å². The molecule has 1 N–H and O–H groups in total. The van der Waals surface area contributed by atoms with Crippen molar-refractivity contribution in [1.82, 2.24) is 5.32 Å². The van der Waals surface area contributed by atoms with Gasteiger partial charge in [0.1, 0.15) is 0 Å². The maximum atomic E-state index is 3.69. The molecule has 0 spiro atoms. The number of hydrogen-bond acceptors (Lipinski definition) is 1. The lowest BCUT2D eigenvalue weighted by Gasteiger charge is -2.49. The van der Waals surface area contributed by atoms with Crippen LogP contribution in [0.1, 0.15) is 52.0 Å². The SMILES string of the molecule is CCCC1CC(CNCC(C)C)(c2cccc(Br)c2)C1. The molecule has 2 rings (SSSR count). The number of nitrogens with one attached hydrogen (secondary N) is 1. The molecule has 1 aliphatic carbocycles. The molecule has 0 bridgehead atoms. The van der Waals surface area contributed by atoms with Crippen LogP contribution in [0, 0.1) is 11.8 Å². The molecule has 1 aliphatic rings. The Balaban J connectivity index is 2.05. The average Bonchev–Trinajstić information content (AvgIpc) is 2.35. The summed E-state index contributed by atoms with van der Waals surface area (Å²) in [4.78, 5) is 0. The highest BCUT2D eigenvalue weighted by Gasteiger charge is 2.44. The van der Waals surface area contributed by atoms with Gasteiger partial charge >= 0.3 is 0 Å². The predicted octanol–water partition coefficient (Wildman–Crippen LogP) is 5.14. The molecular formula is C18H28BrN. The second kappa shape index (κ2) is 7.09. The third-order valence-corrected chi connectivity index (χ3v) is 5.00. The van der Waals surface area contributed by atoms with E-state index in [0.29, 0.717) is 5.41 Å². The summed E-state index contributed by atoms with van der Waals surface area (Å²) in [6.07, 6.45) is 5.41. The van der Waals surface area contributed by atoms with Gasteiger partial charge in [-0.3, -0.25) is 0 Å². The summed E-state index contributed by atoms with van der Waals surface area (Å²) in [5.74, 6) is 1.65. The third-order valence-electron chi connectivity index (χ3n) is 4.51. The Morgan fingerprint density at radius 3 is 2.70 bits per heavy atom. The lowest BCUT2D eigenvalue weighted by atomic mass is 9.57. The molecule has 1 aromatic rings. The Kier molecular flexibility index (Phi) is 5.68. The molecule has 2 heteroatoms. The van der Waals surface area contributed by atoms with E-state index >= 15 is 0 Å². The van der Waals surface area contributed by atoms with E-state index in [9.17, 15) is 0 Å². The molecule has 0 atom stereocenters. The Bertz CT molecular complexity index is 421. The first-order valence-corrected chi connectivity index (χ1v) is 8.82. The molecule has 0 heterocycles. The van der Waals surface area contributed by atoms with E-state index in [4.69, 9.17) is 0 Å². The van der Waals surface area contributed by atoms with Crippen LogP contribution < -0.4 is 5.32 Å². The van der Waals surface area contributed by atoms with Gasteiger partial charge in [0.2, 0.25) is 0 Å². The second-order valence-corrected chi connectivity index (χ2v) is 7.79. The minimum atomic E-state index is 0.374. The minimum absolute atomic E-state index is 0.374. The monoisotopic (exact) mass is 337 g/mol. The van der Waals surface area contributed by atoms with Gasteiger partial charge in [0, 0.05) is 16.4 Å². The Morgan fingerprint density at radius 2 is 2.10 bits per heavy atom. The van der Waals surface area contributed by atoms with Gasteiger partial charge in [-0.2, -0.15) is 0 Å². The molecule has 1 saturated carbocycles. The lowest BCUT2D eigenvalue weighted by molar-refractivity contribution is 0.127. The molecular weight excluding hydrogens is 310 g/mol. The first-order valence-electron chi connectivity index (χ1n) is 8.02.